The molecule has 0 radical (unpaired) electrons. The number of anilines is 1. The summed E-state index contributed by atoms with van der Waals surface area (Å²) >= 11 is 5.40. The van der Waals surface area contributed by atoms with Crippen LogP contribution in [0.4, 0.5) is 5.69 Å². The normalized spacial score (nSPS) is 18.7. The summed E-state index contributed by atoms with van der Waals surface area (Å²) in [6.07, 6.45) is 1.56. The van der Waals surface area contributed by atoms with Crippen molar-refractivity contribution in [3.63, 3.8) is 0 Å². The van der Waals surface area contributed by atoms with E-state index in [-0.39, 0.29) is 0 Å². The van der Waals surface area contributed by atoms with Gasteiger partial charge in [-0.2, -0.15) is 0 Å². The summed E-state index contributed by atoms with van der Waals surface area (Å²) in [5.41, 5.74) is 3.63. The maximum absolute atomic E-state index is 11.5. The predicted octanol–water partition coefficient (Wildman–Crippen LogP) is 4.42. The molecule has 0 bridgehead atoms. The Hall–Kier alpha value is -2.12. The number of sulfonamides is 1. The molecular formula is C21H26ClNO5S. The van der Waals surface area contributed by atoms with Gasteiger partial charge in [-0.05, 0) is 81.5 Å². The van der Waals surface area contributed by atoms with Gasteiger partial charge in [0.15, 0.2) is 0 Å². The molecule has 1 unspecified atom stereocenters. The van der Waals surface area contributed by atoms with Crippen molar-refractivity contribution >= 4 is 27.3 Å². The van der Waals surface area contributed by atoms with Gasteiger partial charge in [-0.1, -0.05) is 0 Å². The molecule has 2 aromatic carbocycles. The lowest BCUT2D eigenvalue weighted by atomic mass is 9.87. The predicted molar refractivity (Wildman–Crippen MR) is 115 cm³/mol. The number of phenolic OH excluding ortho intramolecular Hbond substituents is 1. The van der Waals surface area contributed by atoms with Gasteiger partial charge in [-0.25, -0.2) is 8.42 Å². The maximum atomic E-state index is 11.5. The second kappa shape index (κ2) is 7.95. The molecule has 0 aromatic heterocycles. The third-order valence-corrected chi connectivity index (χ3v) is 7.10. The first-order valence-electron chi connectivity index (χ1n) is 9.35. The van der Waals surface area contributed by atoms with E-state index in [2.05, 4.69) is 4.72 Å². The molecule has 158 valence electrons. The number of benzene rings is 2. The molecule has 1 aliphatic heterocycles. The van der Waals surface area contributed by atoms with Gasteiger partial charge in [-0.3, -0.25) is 4.72 Å². The van der Waals surface area contributed by atoms with E-state index < -0.39 is 20.8 Å². The van der Waals surface area contributed by atoms with Gasteiger partial charge in [0.1, 0.15) is 34.7 Å². The number of nitrogens with one attached hydrogen (secondary N) is 1. The minimum Gasteiger partial charge on any atom is -0.507 e. The standard InChI is InChI=1S/C21H26ClNO5S/c1-13-14(2)20-18(15(3)19(13)24)9-10-21(4,28-20)11-27-17-7-5-16(6-8-17)23-29(25,26)12-22/h5-8,23-24H,9-12H2,1-4H3. The van der Waals surface area contributed by atoms with Gasteiger partial charge in [0.05, 0.1) is 0 Å². The van der Waals surface area contributed by atoms with E-state index in [0.29, 0.717) is 23.8 Å². The molecule has 0 saturated carbocycles. The first-order valence-corrected chi connectivity index (χ1v) is 11.5. The Morgan fingerprint density at radius 3 is 2.45 bits per heavy atom. The number of hydrogen-bond acceptors (Lipinski definition) is 5. The number of hydrogen-bond donors (Lipinski definition) is 2. The van der Waals surface area contributed by atoms with Gasteiger partial charge < -0.3 is 14.6 Å². The van der Waals surface area contributed by atoms with Crippen LogP contribution in [0.25, 0.3) is 0 Å². The Kier molecular flexibility index (Phi) is 5.92. The van der Waals surface area contributed by atoms with Crippen molar-refractivity contribution in [2.24, 2.45) is 0 Å². The van der Waals surface area contributed by atoms with Crippen LogP contribution in [0.15, 0.2) is 24.3 Å². The maximum Gasteiger partial charge on any atom is 0.246 e. The lowest BCUT2D eigenvalue weighted by Crippen LogP contribution is -2.42. The molecule has 1 aliphatic rings. The number of alkyl halides is 1. The molecule has 0 fully saturated rings. The zero-order valence-corrected chi connectivity index (χ0v) is 18.6. The lowest BCUT2D eigenvalue weighted by molar-refractivity contribution is 0.0166. The number of halogens is 1. The molecule has 2 aromatic rings. The number of fused-ring (bicyclic) bond motifs is 1. The summed E-state index contributed by atoms with van der Waals surface area (Å²) in [5, 5.41) is 9.80. The van der Waals surface area contributed by atoms with E-state index in [1.54, 1.807) is 24.3 Å². The first-order chi connectivity index (χ1) is 13.6. The van der Waals surface area contributed by atoms with Crippen molar-refractivity contribution in [3.05, 3.63) is 46.5 Å². The molecule has 1 heterocycles. The van der Waals surface area contributed by atoms with Crippen LogP contribution in [-0.4, -0.2) is 30.9 Å². The molecule has 0 aliphatic carbocycles. The van der Waals surface area contributed by atoms with Crippen LogP contribution in [0.5, 0.6) is 17.2 Å². The van der Waals surface area contributed by atoms with E-state index in [1.165, 1.54) is 0 Å². The highest BCUT2D eigenvalue weighted by Crippen LogP contribution is 2.43. The number of rotatable bonds is 6. The fourth-order valence-electron chi connectivity index (χ4n) is 3.46. The van der Waals surface area contributed by atoms with Gasteiger partial charge in [-0.15, -0.1) is 11.6 Å². The second-order valence-electron chi connectivity index (χ2n) is 7.72. The Morgan fingerprint density at radius 1 is 1.17 bits per heavy atom. The molecule has 0 spiro atoms. The Balaban J connectivity index is 1.71. The SMILES string of the molecule is Cc1c(C)c2c(c(C)c1O)CCC(C)(COc1ccc(NS(=O)(=O)CCl)cc1)O2. The van der Waals surface area contributed by atoms with Crippen LogP contribution in [0.2, 0.25) is 0 Å². The topological polar surface area (TPSA) is 84.9 Å². The van der Waals surface area contributed by atoms with Gasteiger partial charge in [0.2, 0.25) is 10.0 Å². The Morgan fingerprint density at radius 2 is 1.83 bits per heavy atom. The quantitative estimate of drug-likeness (QED) is 0.651. The molecule has 0 amide bonds. The zero-order valence-electron chi connectivity index (χ0n) is 17.0. The van der Waals surface area contributed by atoms with Gasteiger partial charge >= 0.3 is 0 Å². The molecule has 29 heavy (non-hydrogen) atoms. The largest absolute Gasteiger partial charge is 0.507 e. The molecule has 0 saturated heterocycles. The van der Waals surface area contributed by atoms with Crippen molar-refractivity contribution in [2.45, 2.75) is 46.1 Å². The van der Waals surface area contributed by atoms with Gasteiger partial charge in [0, 0.05) is 11.3 Å². The van der Waals surface area contributed by atoms with Crippen LogP contribution in [0.3, 0.4) is 0 Å². The highest BCUT2D eigenvalue weighted by molar-refractivity contribution is 7.93. The summed E-state index contributed by atoms with van der Waals surface area (Å²) in [5.74, 6) is 1.79. The Bertz CT molecular complexity index is 1020. The Labute approximate surface area is 176 Å². The first kappa shape index (κ1) is 21.6. The van der Waals surface area contributed by atoms with Crippen molar-refractivity contribution in [1.29, 1.82) is 0 Å². The third-order valence-electron chi connectivity index (χ3n) is 5.41. The highest BCUT2D eigenvalue weighted by atomic mass is 35.5. The van der Waals surface area contributed by atoms with E-state index in [1.807, 2.05) is 27.7 Å². The van der Waals surface area contributed by atoms with Crippen LogP contribution < -0.4 is 14.2 Å². The van der Waals surface area contributed by atoms with Crippen LogP contribution in [0.1, 0.15) is 35.6 Å². The van der Waals surface area contributed by atoms with E-state index in [4.69, 9.17) is 21.1 Å². The average molecular weight is 440 g/mol. The zero-order chi connectivity index (χ0) is 21.4. The third kappa shape index (κ3) is 4.56. The fourth-order valence-corrected chi connectivity index (χ4v) is 4.17. The molecule has 3 rings (SSSR count). The second-order valence-corrected chi connectivity index (χ2v) is 10.0. The summed E-state index contributed by atoms with van der Waals surface area (Å²) in [6, 6.07) is 6.64. The molecule has 6 nitrogen and oxygen atoms in total. The van der Waals surface area contributed by atoms with E-state index in [9.17, 15) is 13.5 Å². The van der Waals surface area contributed by atoms with E-state index in [0.717, 1.165) is 40.8 Å². The summed E-state index contributed by atoms with van der Waals surface area (Å²) in [4.78, 5) is 0. The van der Waals surface area contributed by atoms with Crippen molar-refractivity contribution in [3.8, 4) is 17.2 Å². The van der Waals surface area contributed by atoms with Crippen LogP contribution in [-0.2, 0) is 16.4 Å². The fraction of sp³-hybridized carbons (Fsp3) is 0.429. The highest BCUT2D eigenvalue weighted by Gasteiger charge is 2.35. The van der Waals surface area contributed by atoms with Gasteiger partial charge in [0.25, 0.3) is 0 Å². The van der Waals surface area contributed by atoms with Crippen LogP contribution >= 0.6 is 11.6 Å². The minimum absolute atomic E-state index is 0.342. The van der Waals surface area contributed by atoms with Crippen molar-refractivity contribution < 1.29 is 23.0 Å². The summed E-state index contributed by atoms with van der Waals surface area (Å²) < 4.78 is 37.7. The number of phenols is 1. The smallest absolute Gasteiger partial charge is 0.246 e. The molecule has 1 atom stereocenters. The molecule has 2 N–H and O–H groups in total. The van der Waals surface area contributed by atoms with Crippen LogP contribution in [0, 0.1) is 20.8 Å². The number of ether oxygens (including phenoxy) is 2. The summed E-state index contributed by atoms with van der Waals surface area (Å²) in [6.45, 7) is 8.13. The summed E-state index contributed by atoms with van der Waals surface area (Å²) in [7, 11) is -3.53. The van der Waals surface area contributed by atoms with Crippen molar-refractivity contribution in [2.75, 3.05) is 16.5 Å². The monoisotopic (exact) mass is 439 g/mol. The average Bonchev–Trinajstić information content (AvgIpc) is 2.70. The molecule has 8 heteroatoms. The van der Waals surface area contributed by atoms with Crippen molar-refractivity contribution in [1.82, 2.24) is 0 Å². The molecular weight excluding hydrogens is 414 g/mol. The minimum atomic E-state index is -3.53. The number of aromatic hydroxyl groups is 1. The van der Waals surface area contributed by atoms with E-state index >= 15 is 0 Å². The lowest BCUT2D eigenvalue weighted by Gasteiger charge is -2.37.